The Kier molecular flexibility index (Phi) is 3.40. The van der Waals surface area contributed by atoms with Crippen LogP contribution in [0.15, 0.2) is 11.4 Å². The molecule has 0 saturated heterocycles. The van der Waals surface area contributed by atoms with Gasteiger partial charge in [-0.25, -0.2) is 0 Å². The average molecular weight is 220 g/mol. The maximum Gasteiger partial charge on any atom is 0.100 e. The third-order valence-electron chi connectivity index (χ3n) is 2.98. The van der Waals surface area contributed by atoms with Crippen LogP contribution in [0.2, 0.25) is 0 Å². The molecule has 0 aromatic carbocycles. The first-order valence-electron chi connectivity index (χ1n) is 5.48. The molecule has 1 heterocycles. The number of hydrogen-bond acceptors (Lipinski definition) is 3. The molecule has 1 aromatic rings. The molecule has 2 rings (SSSR count). The molecule has 1 aromatic heterocycles. The summed E-state index contributed by atoms with van der Waals surface area (Å²) >= 11 is 1.66. The normalized spacial score (nSPS) is 17.3. The van der Waals surface area contributed by atoms with E-state index in [1.54, 1.807) is 11.3 Å². The van der Waals surface area contributed by atoms with Gasteiger partial charge < -0.3 is 5.32 Å². The third-order valence-corrected chi connectivity index (χ3v) is 3.91. The van der Waals surface area contributed by atoms with E-state index in [1.165, 1.54) is 17.7 Å². The number of nitrogens with zero attached hydrogens (tertiary/aromatic N) is 1. The van der Waals surface area contributed by atoms with Crippen LogP contribution in [0.4, 0.5) is 0 Å². The van der Waals surface area contributed by atoms with Crippen LogP contribution in [0, 0.1) is 23.2 Å². The van der Waals surface area contributed by atoms with Gasteiger partial charge in [-0.3, -0.25) is 0 Å². The van der Waals surface area contributed by atoms with Gasteiger partial charge in [0.2, 0.25) is 0 Å². The Balaban J connectivity index is 1.71. The standard InChI is InChI=1S/C12H16N2S/c1-9(11-2-3-11)6-14-7-12-4-10(5-13)8-15-12/h4,8-9,11,14H,2-3,6-7H2,1H3. The van der Waals surface area contributed by atoms with Crippen LogP contribution >= 0.6 is 11.3 Å². The number of thiophene rings is 1. The topological polar surface area (TPSA) is 35.8 Å². The fourth-order valence-corrected chi connectivity index (χ4v) is 2.57. The van der Waals surface area contributed by atoms with Crippen LogP contribution in [0.3, 0.4) is 0 Å². The minimum atomic E-state index is 0.784. The SMILES string of the molecule is CC(CNCc1cc(C#N)cs1)C1CC1. The Bertz CT molecular complexity index is 360. The van der Waals surface area contributed by atoms with E-state index in [2.05, 4.69) is 18.3 Å². The quantitative estimate of drug-likeness (QED) is 0.828. The molecule has 0 spiro atoms. The van der Waals surface area contributed by atoms with Crippen molar-refractivity contribution in [2.45, 2.75) is 26.3 Å². The summed E-state index contributed by atoms with van der Waals surface area (Å²) in [6.45, 7) is 4.33. The van der Waals surface area contributed by atoms with Crippen molar-refractivity contribution in [2.75, 3.05) is 6.54 Å². The summed E-state index contributed by atoms with van der Waals surface area (Å²) in [6, 6.07) is 4.13. The maximum atomic E-state index is 8.68. The lowest BCUT2D eigenvalue weighted by Crippen LogP contribution is -2.21. The maximum absolute atomic E-state index is 8.68. The summed E-state index contributed by atoms with van der Waals surface area (Å²) in [6.07, 6.45) is 2.83. The molecule has 0 radical (unpaired) electrons. The molecule has 0 bridgehead atoms. The van der Waals surface area contributed by atoms with Crippen LogP contribution in [0.1, 0.15) is 30.2 Å². The van der Waals surface area contributed by atoms with Crippen molar-refractivity contribution >= 4 is 11.3 Å². The second-order valence-electron chi connectivity index (χ2n) is 4.36. The van der Waals surface area contributed by atoms with Crippen LogP contribution in [0.5, 0.6) is 0 Å². The predicted octanol–water partition coefficient (Wildman–Crippen LogP) is 2.76. The number of nitrogens with one attached hydrogen (secondary N) is 1. The molecule has 0 amide bonds. The first-order valence-corrected chi connectivity index (χ1v) is 6.36. The van der Waals surface area contributed by atoms with Crippen LogP contribution < -0.4 is 5.32 Å². The predicted molar refractivity (Wildman–Crippen MR) is 62.6 cm³/mol. The Morgan fingerprint density at radius 3 is 3.07 bits per heavy atom. The summed E-state index contributed by atoms with van der Waals surface area (Å²) in [5.74, 6) is 1.77. The Hall–Kier alpha value is -0.850. The highest BCUT2D eigenvalue weighted by Crippen LogP contribution is 2.36. The van der Waals surface area contributed by atoms with Crippen molar-refractivity contribution in [1.82, 2.24) is 5.32 Å². The van der Waals surface area contributed by atoms with Gasteiger partial charge in [-0.05, 0) is 37.3 Å². The van der Waals surface area contributed by atoms with Gasteiger partial charge in [-0.2, -0.15) is 5.26 Å². The second kappa shape index (κ2) is 4.78. The van der Waals surface area contributed by atoms with Gasteiger partial charge in [0, 0.05) is 16.8 Å². The van der Waals surface area contributed by atoms with E-state index in [-0.39, 0.29) is 0 Å². The Labute approximate surface area is 94.9 Å². The van der Waals surface area contributed by atoms with Crippen LogP contribution in [-0.4, -0.2) is 6.54 Å². The lowest BCUT2D eigenvalue weighted by atomic mass is 10.1. The van der Waals surface area contributed by atoms with Gasteiger partial charge in [0.1, 0.15) is 6.07 Å². The molecule has 1 atom stereocenters. The van der Waals surface area contributed by atoms with Gasteiger partial charge in [0.15, 0.2) is 0 Å². The highest BCUT2D eigenvalue weighted by Gasteiger charge is 2.27. The highest BCUT2D eigenvalue weighted by atomic mass is 32.1. The first kappa shape index (κ1) is 10.7. The first-order chi connectivity index (χ1) is 7.29. The number of rotatable bonds is 5. The van der Waals surface area contributed by atoms with Gasteiger partial charge >= 0.3 is 0 Å². The Morgan fingerprint density at radius 1 is 1.67 bits per heavy atom. The fraction of sp³-hybridized carbons (Fsp3) is 0.583. The zero-order chi connectivity index (χ0) is 10.7. The second-order valence-corrected chi connectivity index (χ2v) is 5.35. The Morgan fingerprint density at radius 2 is 2.47 bits per heavy atom. The lowest BCUT2D eigenvalue weighted by Gasteiger charge is -2.10. The third kappa shape index (κ3) is 3.05. The molecule has 1 saturated carbocycles. The van der Waals surface area contributed by atoms with Gasteiger partial charge in [-0.1, -0.05) is 6.92 Å². The zero-order valence-corrected chi connectivity index (χ0v) is 9.81. The van der Waals surface area contributed by atoms with Crippen LogP contribution in [-0.2, 0) is 6.54 Å². The minimum Gasteiger partial charge on any atom is -0.312 e. The molecule has 2 nitrogen and oxygen atoms in total. The molecular formula is C12H16N2S. The van der Waals surface area contributed by atoms with Crippen molar-refractivity contribution in [2.24, 2.45) is 11.8 Å². The van der Waals surface area contributed by atoms with E-state index in [4.69, 9.17) is 5.26 Å². The monoisotopic (exact) mass is 220 g/mol. The molecule has 15 heavy (non-hydrogen) atoms. The van der Waals surface area contributed by atoms with E-state index >= 15 is 0 Å². The molecular weight excluding hydrogens is 204 g/mol. The largest absolute Gasteiger partial charge is 0.312 e. The molecule has 3 heteroatoms. The zero-order valence-electron chi connectivity index (χ0n) is 8.99. The van der Waals surface area contributed by atoms with Crippen molar-refractivity contribution in [1.29, 1.82) is 5.26 Å². The number of hydrogen-bond donors (Lipinski definition) is 1. The van der Waals surface area contributed by atoms with Crippen molar-refractivity contribution < 1.29 is 0 Å². The van der Waals surface area contributed by atoms with Gasteiger partial charge in [0.05, 0.1) is 5.56 Å². The molecule has 1 unspecified atom stereocenters. The summed E-state index contributed by atoms with van der Waals surface area (Å²) in [4.78, 5) is 1.26. The van der Waals surface area contributed by atoms with E-state index in [1.807, 2.05) is 11.4 Å². The lowest BCUT2D eigenvalue weighted by molar-refractivity contribution is 0.463. The van der Waals surface area contributed by atoms with E-state index in [0.29, 0.717) is 0 Å². The van der Waals surface area contributed by atoms with Crippen molar-refractivity contribution in [3.05, 3.63) is 21.9 Å². The fourth-order valence-electron chi connectivity index (χ4n) is 1.79. The summed E-state index contributed by atoms with van der Waals surface area (Å²) in [5.41, 5.74) is 0.784. The van der Waals surface area contributed by atoms with E-state index in [9.17, 15) is 0 Å². The number of nitriles is 1. The van der Waals surface area contributed by atoms with Crippen molar-refractivity contribution in [3.63, 3.8) is 0 Å². The summed E-state index contributed by atoms with van der Waals surface area (Å²) in [7, 11) is 0. The molecule has 1 aliphatic carbocycles. The van der Waals surface area contributed by atoms with E-state index in [0.717, 1.165) is 30.5 Å². The van der Waals surface area contributed by atoms with Crippen molar-refractivity contribution in [3.8, 4) is 6.07 Å². The average Bonchev–Trinajstić information content (AvgIpc) is 2.99. The molecule has 1 aliphatic rings. The summed E-state index contributed by atoms with van der Waals surface area (Å²) in [5, 5.41) is 14.1. The van der Waals surface area contributed by atoms with Gasteiger partial charge in [0.25, 0.3) is 0 Å². The van der Waals surface area contributed by atoms with Gasteiger partial charge in [-0.15, -0.1) is 11.3 Å². The molecule has 80 valence electrons. The van der Waals surface area contributed by atoms with E-state index < -0.39 is 0 Å². The smallest absolute Gasteiger partial charge is 0.100 e. The molecule has 1 fully saturated rings. The minimum absolute atomic E-state index is 0.784. The highest BCUT2D eigenvalue weighted by molar-refractivity contribution is 7.10. The molecule has 1 N–H and O–H groups in total. The summed E-state index contributed by atoms with van der Waals surface area (Å²) < 4.78 is 0. The molecule has 0 aliphatic heterocycles. The van der Waals surface area contributed by atoms with Crippen LogP contribution in [0.25, 0.3) is 0 Å².